The van der Waals surface area contributed by atoms with E-state index in [9.17, 15) is 31.1 Å². The van der Waals surface area contributed by atoms with E-state index in [2.05, 4.69) is 9.97 Å². The highest BCUT2D eigenvalue weighted by molar-refractivity contribution is 5.82. The molecule has 0 bridgehead atoms. The maximum Gasteiger partial charge on any atom is 0.471 e. The van der Waals surface area contributed by atoms with Crippen molar-refractivity contribution in [2.24, 2.45) is 5.92 Å². The summed E-state index contributed by atoms with van der Waals surface area (Å²) in [6.07, 6.45) is -4.30. The zero-order valence-electron chi connectivity index (χ0n) is 16.3. The van der Waals surface area contributed by atoms with Crippen LogP contribution in [0.1, 0.15) is 36.1 Å². The van der Waals surface area contributed by atoms with Crippen LogP contribution in [0.15, 0.2) is 30.7 Å². The molecule has 31 heavy (non-hydrogen) atoms. The first-order chi connectivity index (χ1) is 14.5. The van der Waals surface area contributed by atoms with Crippen LogP contribution in [-0.4, -0.2) is 39.5 Å². The topological polar surface area (TPSA) is 52.2 Å². The van der Waals surface area contributed by atoms with E-state index in [4.69, 9.17) is 0 Å². The fraction of sp³-hybridized carbons (Fsp3) is 0.500. The van der Waals surface area contributed by atoms with Crippen LogP contribution in [0.4, 0.5) is 32.0 Å². The van der Waals surface area contributed by atoms with Gasteiger partial charge < -0.3 is 14.8 Å². The summed E-state index contributed by atoms with van der Waals surface area (Å²) in [6, 6.07) is 2.58. The third kappa shape index (κ3) is 4.80. The van der Waals surface area contributed by atoms with Crippen molar-refractivity contribution in [1.82, 2.24) is 14.9 Å². The Morgan fingerprint density at radius 3 is 2.48 bits per heavy atom. The molecule has 0 saturated heterocycles. The van der Waals surface area contributed by atoms with Gasteiger partial charge in [0.1, 0.15) is 0 Å². The van der Waals surface area contributed by atoms with Gasteiger partial charge in [-0.05, 0) is 36.1 Å². The molecular formula is C20H20F6N4O. The van der Waals surface area contributed by atoms with Gasteiger partial charge >= 0.3 is 18.3 Å². The Kier molecular flexibility index (Phi) is 5.38. The predicted octanol–water partition coefficient (Wildman–Crippen LogP) is 4.51. The van der Waals surface area contributed by atoms with Gasteiger partial charge in [-0.1, -0.05) is 12.8 Å². The lowest BCUT2D eigenvalue weighted by Gasteiger charge is -2.34. The van der Waals surface area contributed by atoms with Gasteiger partial charge in [0, 0.05) is 31.0 Å². The number of halogens is 6. The highest BCUT2D eigenvalue weighted by Crippen LogP contribution is 2.40. The number of aromatic amines is 1. The summed E-state index contributed by atoms with van der Waals surface area (Å²) in [7, 11) is 0. The molecule has 5 nitrogen and oxygen atoms in total. The molecule has 1 fully saturated rings. The number of fused-ring (bicyclic) bond motifs is 1. The van der Waals surface area contributed by atoms with Gasteiger partial charge in [0.05, 0.1) is 24.1 Å². The molecule has 2 aliphatic rings. The van der Waals surface area contributed by atoms with E-state index in [1.54, 1.807) is 11.1 Å². The van der Waals surface area contributed by atoms with Gasteiger partial charge in [0.2, 0.25) is 0 Å². The fourth-order valence-electron chi connectivity index (χ4n) is 4.03. The molecule has 2 heterocycles. The first kappa shape index (κ1) is 21.5. The molecule has 0 spiro atoms. The van der Waals surface area contributed by atoms with E-state index in [1.807, 2.05) is 0 Å². The minimum atomic E-state index is -5.11. The SMILES string of the molecule is O=C(N1Cc2cc(C(F)(F)F)ccc2N(Cc2cnc[nH]2)[C@H](CC2CC2)C1)C(F)(F)F. The van der Waals surface area contributed by atoms with Crippen LogP contribution >= 0.6 is 0 Å². The Morgan fingerprint density at radius 2 is 1.90 bits per heavy atom. The first-order valence-electron chi connectivity index (χ1n) is 9.82. The summed E-state index contributed by atoms with van der Waals surface area (Å²) < 4.78 is 79.5. The molecule has 1 atom stereocenters. The second-order valence-electron chi connectivity index (χ2n) is 8.06. The van der Waals surface area contributed by atoms with Crippen molar-refractivity contribution in [1.29, 1.82) is 0 Å². The van der Waals surface area contributed by atoms with E-state index < -0.39 is 36.4 Å². The second kappa shape index (κ2) is 7.76. The number of aromatic nitrogens is 2. The lowest BCUT2D eigenvalue weighted by molar-refractivity contribution is -0.186. The van der Waals surface area contributed by atoms with Gasteiger partial charge in [-0.25, -0.2) is 4.98 Å². The summed E-state index contributed by atoms with van der Waals surface area (Å²) in [5.41, 5.74) is 0.131. The molecule has 1 saturated carbocycles. The van der Waals surface area contributed by atoms with Crippen molar-refractivity contribution in [3.63, 3.8) is 0 Å². The number of amides is 1. The van der Waals surface area contributed by atoms with Crippen molar-refractivity contribution in [2.75, 3.05) is 11.4 Å². The lowest BCUT2D eigenvalue weighted by Crippen LogP contribution is -2.47. The van der Waals surface area contributed by atoms with E-state index in [0.29, 0.717) is 28.6 Å². The molecule has 0 radical (unpaired) electrons. The van der Waals surface area contributed by atoms with Crippen molar-refractivity contribution >= 4 is 11.6 Å². The lowest BCUT2D eigenvalue weighted by atomic mass is 10.0. The summed E-state index contributed by atoms with van der Waals surface area (Å²) >= 11 is 0. The summed E-state index contributed by atoms with van der Waals surface area (Å²) in [5, 5.41) is 0. The normalized spacial score (nSPS) is 19.9. The average molecular weight is 446 g/mol. The number of alkyl halides is 6. The van der Waals surface area contributed by atoms with Gasteiger partial charge in [-0.2, -0.15) is 26.3 Å². The summed E-state index contributed by atoms with van der Waals surface area (Å²) in [5.74, 6) is -1.71. The molecule has 168 valence electrons. The molecular weight excluding hydrogens is 426 g/mol. The highest BCUT2D eigenvalue weighted by Gasteiger charge is 2.45. The number of benzene rings is 1. The number of anilines is 1. The Bertz CT molecular complexity index is 936. The zero-order chi connectivity index (χ0) is 22.4. The van der Waals surface area contributed by atoms with E-state index >= 15 is 0 Å². The Morgan fingerprint density at radius 1 is 1.16 bits per heavy atom. The fourth-order valence-corrected chi connectivity index (χ4v) is 4.03. The smallest absolute Gasteiger partial charge is 0.361 e. The maximum absolute atomic E-state index is 13.3. The van der Waals surface area contributed by atoms with Crippen molar-refractivity contribution < 1.29 is 31.1 Å². The molecule has 0 unspecified atom stereocenters. The largest absolute Gasteiger partial charge is 0.471 e. The first-order valence-corrected chi connectivity index (χ1v) is 9.82. The van der Waals surface area contributed by atoms with Crippen molar-refractivity contribution in [2.45, 2.75) is 50.7 Å². The molecule has 1 aliphatic heterocycles. The molecule has 1 aliphatic carbocycles. The third-order valence-electron chi connectivity index (χ3n) is 5.68. The van der Waals surface area contributed by atoms with Crippen LogP contribution < -0.4 is 4.90 Å². The molecule has 11 heteroatoms. The average Bonchev–Trinajstić information content (AvgIpc) is 3.37. The van der Waals surface area contributed by atoms with Crippen LogP contribution in [-0.2, 0) is 24.1 Å². The van der Waals surface area contributed by atoms with Crippen molar-refractivity contribution in [3.8, 4) is 0 Å². The quantitative estimate of drug-likeness (QED) is 0.704. The molecule has 2 aromatic rings. The van der Waals surface area contributed by atoms with Crippen LogP contribution in [0.2, 0.25) is 0 Å². The number of nitrogens with zero attached hydrogens (tertiary/aromatic N) is 3. The molecule has 4 rings (SSSR count). The second-order valence-corrected chi connectivity index (χ2v) is 8.06. The number of rotatable bonds is 4. The minimum absolute atomic E-state index is 0.0326. The van der Waals surface area contributed by atoms with Gasteiger partial charge in [0.25, 0.3) is 0 Å². The van der Waals surface area contributed by atoms with Crippen LogP contribution in [0.5, 0.6) is 0 Å². The zero-order valence-corrected chi connectivity index (χ0v) is 16.3. The van der Waals surface area contributed by atoms with Gasteiger partial charge in [-0.15, -0.1) is 0 Å². The number of carbonyl (C=O) groups is 1. The van der Waals surface area contributed by atoms with Crippen LogP contribution in [0, 0.1) is 5.92 Å². The number of hydrogen-bond acceptors (Lipinski definition) is 3. The van der Waals surface area contributed by atoms with E-state index in [0.717, 1.165) is 25.0 Å². The third-order valence-corrected chi connectivity index (χ3v) is 5.68. The van der Waals surface area contributed by atoms with E-state index in [-0.39, 0.29) is 18.7 Å². The highest BCUT2D eigenvalue weighted by atomic mass is 19.4. The van der Waals surface area contributed by atoms with Crippen LogP contribution in [0.25, 0.3) is 0 Å². The Balaban J connectivity index is 1.78. The monoisotopic (exact) mass is 446 g/mol. The van der Waals surface area contributed by atoms with E-state index in [1.165, 1.54) is 12.4 Å². The number of nitrogens with one attached hydrogen (secondary N) is 1. The summed E-state index contributed by atoms with van der Waals surface area (Å²) in [4.78, 5) is 21.4. The Labute approximate surface area is 174 Å². The maximum atomic E-state index is 13.3. The van der Waals surface area contributed by atoms with Crippen molar-refractivity contribution in [3.05, 3.63) is 47.5 Å². The standard InChI is InChI=1S/C20H20F6N4O/c21-19(22,23)14-3-4-17-13(6-14)8-29(18(31)20(24,25)26)10-16(5-12-1-2-12)30(17)9-15-7-27-11-28-15/h3-4,6-7,11-12,16H,1-2,5,8-10H2,(H,27,28)/t16-/m1/s1. The molecule has 1 amide bonds. The Hall–Kier alpha value is -2.72. The molecule has 1 N–H and O–H groups in total. The van der Waals surface area contributed by atoms with Gasteiger partial charge in [-0.3, -0.25) is 4.79 Å². The molecule has 1 aromatic heterocycles. The minimum Gasteiger partial charge on any atom is -0.361 e. The summed E-state index contributed by atoms with van der Waals surface area (Å²) in [6.45, 7) is -0.541. The van der Waals surface area contributed by atoms with Crippen LogP contribution in [0.3, 0.4) is 0 Å². The van der Waals surface area contributed by atoms with Gasteiger partial charge in [0.15, 0.2) is 0 Å². The molecule has 1 aromatic carbocycles. The number of H-pyrrole nitrogens is 1. The number of hydrogen-bond donors (Lipinski definition) is 1. The predicted molar refractivity (Wildman–Crippen MR) is 98.8 cm³/mol. The number of imidazole rings is 1. The number of carbonyl (C=O) groups excluding carboxylic acids is 1.